The van der Waals surface area contributed by atoms with Crippen molar-refractivity contribution < 1.29 is 27.5 Å². The van der Waals surface area contributed by atoms with Crippen molar-refractivity contribution in [2.75, 3.05) is 31.1 Å². The second-order valence-electron chi connectivity index (χ2n) is 7.59. The van der Waals surface area contributed by atoms with Gasteiger partial charge in [-0.3, -0.25) is 9.10 Å². The molecule has 0 fully saturated rings. The van der Waals surface area contributed by atoms with Crippen LogP contribution in [0.4, 0.5) is 5.69 Å². The number of ether oxygens (including phenoxy) is 2. The normalized spacial score (nSPS) is 13.1. The number of anilines is 1. The number of carbonyl (C=O) groups excluding carboxylic acids is 2. The molecule has 2 aromatic carbocycles. The monoisotopic (exact) mass is 446 g/mol. The van der Waals surface area contributed by atoms with Crippen molar-refractivity contribution in [3.8, 4) is 5.75 Å². The molecule has 0 radical (unpaired) electrons. The molecule has 0 aliphatic carbocycles. The topological polar surface area (TPSA) is 102 Å². The van der Waals surface area contributed by atoms with Gasteiger partial charge in [0.1, 0.15) is 11.3 Å². The van der Waals surface area contributed by atoms with Gasteiger partial charge in [-0.05, 0) is 42.2 Å². The minimum Gasteiger partial charge on any atom is -0.496 e. The third kappa shape index (κ3) is 4.99. The Bertz CT molecular complexity index is 1080. The van der Waals surface area contributed by atoms with Gasteiger partial charge in [0, 0.05) is 13.1 Å². The van der Waals surface area contributed by atoms with Crippen molar-refractivity contribution in [1.82, 2.24) is 5.32 Å². The number of nitrogens with zero attached hydrogens (tertiary/aromatic N) is 1. The minimum absolute atomic E-state index is 0.0544. The van der Waals surface area contributed by atoms with Crippen molar-refractivity contribution in [2.45, 2.75) is 25.2 Å². The number of hydrogen-bond acceptors (Lipinski definition) is 6. The van der Waals surface area contributed by atoms with E-state index in [4.69, 9.17) is 9.47 Å². The van der Waals surface area contributed by atoms with E-state index in [2.05, 4.69) is 5.32 Å². The lowest BCUT2D eigenvalue weighted by molar-refractivity contribution is -0.124. The first kappa shape index (κ1) is 22.6. The van der Waals surface area contributed by atoms with E-state index < -0.39 is 28.5 Å². The highest BCUT2D eigenvalue weighted by Crippen LogP contribution is 2.34. The Morgan fingerprint density at radius 3 is 2.61 bits per heavy atom. The fourth-order valence-electron chi connectivity index (χ4n) is 3.27. The summed E-state index contributed by atoms with van der Waals surface area (Å²) in [5.41, 5.74) is 1.52. The summed E-state index contributed by atoms with van der Waals surface area (Å²) >= 11 is 0. The first-order valence-corrected chi connectivity index (χ1v) is 11.4. The van der Waals surface area contributed by atoms with Gasteiger partial charge in [-0.15, -0.1) is 0 Å². The van der Waals surface area contributed by atoms with Crippen LogP contribution < -0.4 is 14.4 Å². The van der Waals surface area contributed by atoms with Crippen LogP contribution in [0.25, 0.3) is 0 Å². The summed E-state index contributed by atoms with van der Waals surface area (Å²) in [6.45, 7) is 4.21. The first-order chi connectivity index (χ1) is 14.7. The molecule has 0 saturated carbocycles. The average Bonchev–Trinajstić information content (AvgIpc) is 3.20. The molecule has 1 N–H and O–H groups in total. The van der Waals surface area contributed by atoms with Crippen LogP contribution in [0.3, 0.4) is 0 Å². The third-order valence-corrected chi connectivity index (χ3v) is 6.67. The highest BCUT2D eigenvalue weighted by Gasteiger charge is 2.31. The molecule has 1 amide bonds. The zero-order valence-corrected chi connectivity index (χ0v) is 18.6. The Hall–Kier alpha value is -3.07. The summed E-state index contributed by atoms with van der Waals surface area (Å²) in [6, 6.07) is 11.3. The number of rotatable bonds is 8. The summed E-state index contributed by atoms with van der Waals surface area (Å²) in [5.74, 6) is -0.848. The number of carbonyl (C=O) groups is 2. The van der Waals surface area contributed by atoms with Crippen LogP contribution in [0.2, 0.25) is 0 Å². The van der Waals surface area contributed by atoms with E-state index >= 15 is 0 Å². The molecule has 1 heterocycles. The van der Waals surface area contributed by atoms with Gasteiger partial charge in [0.2, 0.25) is 0 Å². The Kier molecular flexibility index (Phi) is 6.84. The maximum Gasteiger partial charge on any atom is 0.342 e. The zero-order chi connectivity index (χ0) is 22.6. The molecule has 0 unspecified atom stereocenters. The van der Waals surface area contributed by atoms with Gasteiger partial charge in [-0.1, -0.05) is 32.0 Å². The van der Waals surface area contributed by atoms with Crippen LogP contribution in [0, 0.1) is 5.92 Å². The van der Waals surface area contributed by atoms with Crippen LogP contribution in [0.5, 0.6) is 5.75 Å². The molecular formula is C22H26N2O6S. The van der Waals surface area contributed by atoms with Crippen molar-refractivity contribution in [2.24, 2.45) is 5.92 Å². The van der Waals surface area contributed by atoms with Crippen molar-refractivity contribution >= 4 is 27.6 Å². The lowest BCUT2D eigenvalue weighted by Gasteiger charge is -2.20. The van der Waals surface area contributed by atoms with Crippen LogP contribution in [0.1, 0.15) is 29.8 Å². The molecule has 2 aromatic rings. The van der Waals surface area contributed by atoms with Crippen molar-refractivity contribution in [3.63, 3.8) is 0 Å². The highest BCUT2D eigenvalue weighted by atomic mass is 32.2. The number of amides is 1. The largest absolute Gasteiger partial charge is 0.496 e. The number of sulfonamides is 1. The Labute approximate surface area is 182 Å². The molecule has 0 spiro atoms. The molecule has 0 bridgehead atoms. The van der Waals surface area contributed by atoms with Crippen LogP contribution in [0.15, 0.2) is 47.4 Å². The lowest BCUT2D eigenvalue weighted by atomic mass is 10.2. The fourth-order valence-corrected chi connectivity index (χ4v) is 4.80. The summed E-state index contributed by atoms with van der Waals surface area (Å²) < 4.78 is 38.1. The number of fused-ring (bicyclic) bond motifs is 1. The van der Waals surface area contributed by atoms with E-state index in [0.717, 1.165) is 5.56 Å². The second kappa shape index (κ2) is 9.38. The molecule has 31 heavy (non-hydrogen) atoms. The number of para-hydroxylation sites is 1. The summed E-state index contributed by atoms with van der Waals surface area (Å²) in [5, 5.41) is 2.65. The first-order valence-electron chi connectivity index (χ1n) is 9.96. The van der Waals surface area contributed by atoms with Gasteiger partial charge in [0.15, 0.2) is 6.61 Å². The maximum atomic E-state index is 13.3. The number of hydrogen-bond donors (Lipinski definition) is 1. The molecule has 1 aliphatic rings. The SMILES string of the molecule is COc1ccc(S(=O)(=O)N2CCc3ccccc32)cc1C(=O)OCC(=O)NCC(C)C. The van der Waals surface area contributed by atoms with Gasteiger partial charge >= 0.3 is 5.97 Å². The Morgan fingerprint density at radius 1 is 1.16 bits per heavy atom. The molecule has 8 nitrogen and oxygen atoms in total. The predicted octanol–water partition coefficient (Wildman–Crippen LogP) is 2.38. The highest BCUT2D eigenvalue weighted by molar-refractivity contribution is 7.92. The Morgan fingerprint density at radius 2 is 1.90 bits per heavy atom. The van der Waals surface area contributed by atoms with E-state index in [1.807, 2.05) is 26.0 Å². The van der Waals surface area contributed by atoms with Gasteiger partial charge in [-0.25, -0.2) is 13.2 Å². The molecule has 0 saturated heterocycles. The van der Waals surface area contributed by atoms with E-state index in [9.17, 15) is 18.0 Å². The molecular weight excluding hydrogens is 420 g/mol. The summed E-state index contributed by atoms with van der Waals surface area (Å²) in [4.78, 5) is 24.4. The molecule has 0 aromatic heterocycles. The standard InChI is InChI=1S/C22H26N2O6S/c1-15(2)13-23-21(25)14-30-22(26)18-12-17(8-9-20(18)29-3)31(27,28)24-11-10-16-6-4-5-7-19(16)24/h4-9,12,15H,10-11,13-14H2,1-3H3,(H,23,25). The number of methoxy groups -OCH3 is 1. The zero-order valence-electron chi connectivity index (χ0n) is 17.8. The van der Waals surface area contributed by atoms with Crippen molar-refractivity contribution in [1.29, 1.82) is 0 Å². The van der Waals surface area contributed by atoms with Gasteiger partial charge < -0.3 is 14.8 Å². The van der Waals surface area contributed by atoms with Gasteiger partial charge in [0.25, 0.3) is 15.9 Å². The molecule has 9 heteroatoms. The van der Waals surface area contributed by atoms with E-state index in [-0.39, 0.29) is 22.1 Å². The lowest BCUT2D eigenvalue weighted by Crippen LogP contribution is -2.31. The van der Waals surface area contributed by atoms with Gasteiger partial charge in [0.05, 0.1) is 17.7 Å². The van der Waals surface area contributed by atoms with Crippen LogP contribution in [-0.4, -0.2) is 47.1 Å². The minimum atomic E-state index is -3.89. The van der Waals surface area contributed by atoms with Crippen LogP contribution in [-0.2, 0) is 26.0 Å². The van der Waals surface area contributed by atoms with Crippen molar-refractivity contribution in [3.05, 3.63) is 53.6 Å². The molecule has 0 atom stereocenters. The van der Waals surface area contributed by atoms with E-state index in [0.29, 0.717) is 25.2 Å². The number of esters is 1. The van der Waals surface area contributed by atoms with Gasteiger partial charge in [-0.2, -0.15) is 0 Å². The maximum absolute atomic E-state index is 13.3. The molecule has 3 rings (SSSR count). The summed E-state index contributed by atoms with van der Waals surface area (Å²) in [7, 11) is -2.52. The van der Waals surface area contributed by atoms with E-state index in [1.165, 1.54) is 29.6 Å². The Balaban J connectivity index is 1.82. The average molecular weight is 447 g/mol. The predicted molar refractivity (Wildman–Crippen MR) is 116 cm³/mol. The smallest absolute Gasteiger partial charge is 0.342 e. The van der Waals surface area contributed by atoms with Crippen LogP contribution >= 0.6 is 0 Å². The second-order valence-corrected chi connectivity index (χ2v) is 9.45. The number of nitrogens with one attached hydrogen (secondary N) is 1. The fraction of sp³-hybridized carbons (Fsp3) is 0.364. The number of benzene rings is 2. The van der Waals surface area contributed by atoms with E-state index in [1.54, 1.807) is 12.1 Å². The third-order valence-electron chi connectivity index (χ3n) is 4.87. The summed E-state index contributed by atoms with van der Waals surface area (Å²) in [6.07, 6.45) is 0.617. The molecule has 166 valence electrons. The molecule has 1 aliphatic heterocycles. The quantitative estimate of drug-likeness (QED) is 0.625.